The Hall–Kier alpha value is -0.960. The second kappa shape index (κ2) is 4.30. The quantitative estimate of drug-likeness (QED) is 0.849. The minimum Gasteiger partial charge on any atom is -0.385 e. The summed E-state index contributed by atoms with van der Waals surface area (Å²) in [5, 5.41) is 10.7. The molecular weight excluding hydrogens is 234 g/mol. The third kappa shape index (κ3) is 2.05. The fraction of sp³-hybridized carbons (Fsp3) is 0.600. The number of rotatable bonds is 2. The fourth-order valence-corrected chi connectivity index (χ4v) is 3.43. The van der Waals surface area contributed by atoms with Crippen LogP contribution in [0.25, 0.3) is 0 Å². The topological polar surface area (TPSA) is 20.2 Å². The highest BCUT2D eigenvalue weighted by Gasteiger charge is 2.44. The first-order valence-corrected chi connectivity index (χ1v) is 6.77. The highest BCUT2D eigenvalue weighted by molar-refractivity contribution is 5.27. The second-order valence-corrected chi connectivity index (χ2v) is 5.82. The van der Waals surface area contributed by atoms with Gasteiger partial charge in [0.25, 0.3) is 0 Å². The van der Waals surface area contributed by atoms with Crippen molar-refractivity contribution in [2.75, 3.05) is 0 Å². The van der Waals surface area contributed by atoms with Gasteiger partial charge in [0.1, 0.15) is 11.6 Å². The van der Waals surface area contributed by atoms with Gasteiger partial charge in [-0.05, 0) is 62.5 Å². The zero-order valence-electron chi connectivity index (χ0n) is 10.3. The van der Waals surface area contributed by atoms with E-state index in [2.05, 4.69) is 0 Å². The molecule has 18 heavy (non-hydrogen) atoms. The molecule has 0 saturated heterocycles. The summed E-state index contributed by atoms with van der Waals surface area (Å²) in [6.45, 7) is 0. The van der Waals surface area contributed by atoms with Gasteiger partial charge in [0, 0.05) is 0 Å². The molecule has 98 valence electrons. The summed E-state index contributed by atoms with van der Waals surface area (Å²) < 4.78 is 27.6. The first kappa shape index (κ1) is 12.1. The number of benzene rings is 1. The molecular formula is C15H18F2O. The summed E-state index contributed by atoms with van der Waals surface area (Å²) in [5.74, 6) is -0.127. The molecule has 0 spiro atoms. The Labute approximate surface area is 106 Å². The highest BCUT2D eigenvalue weighted by atomic mass is 19.1. The number of aliphatic hydroxyl groups is 1. The Balaban J connectivity index is 1.93. The number of hydrogen-bond donors (Lipinski definition) is 1. The van der Waals surface area contributed by atoms with E-state index in [1.165, 1.54) is 31.0 Å². The van der Waals surface area contributed by atoms with Gasteiger partial charge in [-0.1, -0.05) is 6.07 Å². The molecule has 0 radical (unpaired) electrons. The Morgan fingerprint density at radius 3 is 2.33 bits per heavy atom. The molecule has 0 aliphatic heterocycles. The average Bonchev–Trinajstić information content (AvgIpc) is 3.12. The molecule has 0 heterocycles. The molecule has 2 unspecified atom stereocenters. The summed E-state index contributed by atoms with van der Waals surface area (Å²) in [5.41, 5.74) is -1.42. The molecule has 0 amide bonds. The molecule has 3 rings (SSSR count). The lowest BCUT2D eigenvalue weighted by Gasteiger charge is -2.37. The van der Waals surface area contributed by atoms with E-state index in [9.17, 15) is 13.9 Å². The average molecular weight is 252 g/mol. The summed E-state index contributed by atoms with van der Waals surface area (Å²) in [6, 6.07) is 3.81. The molecule has 1 aromatic rings. The molecule has 2 aliphatic rings. The minimum absolute atomic E-state index is 0.115. The van der Waals surface area contributed by atoms with Gasteiger partial charge < -0.3 is 5.11 Å². The van der Waals surface area contributed by atoms with Crippen LogP contribution in [0.5, 0.6) is 0 Å². The lowest BCUT2D eigenvalue weighted by atomic mass is 9.72. The van der Waals surface area contributed by atoms with Crippen LogP contribution in [-0.4, -0.2) is 5.11 Å². The molecule has 2 fully saturated rings. The van der Waals surface area contributed by atoms with Gasteiger partial charge in [0.15, 0.2) is 0 Å². The molecule has 0 aromatic heterocycles. The summed E-state index contributed by atoms with van der Waals surface area (Å²) in [6.07, 6.45) is 5.33. The van der Waals surface area contributed by atoms with Crippen molar-refractivity contribution in [3.63, 3.8) is 0 Å². The van der Waals surface area contributed by atoms with Gasteiger partial charge in [-0.3, -0.25) is 0 Å². The molecule has 2 atom stereocenters. The number of halogens is 2. The predicted molar refractivity (Wildman–Crippen MR) is 64.9 cm³/mol. The second-order valence-electron chi connectivity index (χ2n) is 5.82. The van der Waals surface area contributed by atoms with Crippen LogP contribution >= 0.6 is 0 Å². The van der Waals surface area contributed by atoms with Crippen LogP contribution in [0.2, 0.25) is 0 Å². The van der Waals surface area contributed by atoms with Crippen LogP contribution in [0.1, 0.15) is 44.1 Å². The van der Waals surface area contributed by atoms with Gasteiger partial charge >= 0.3 is 0 Å². The number of hydrogen-bond acceptors (Lipinski definition) is 1. The van der Waals surface area contributed by atoms with Gasteiger partial charge in [-0.25, -0.2) is 8.78 Å². The van der Waals surface area contributed by atoms with Crippen molar-refractivity contribution in [3.05, 3.63) is 35.4 Å². The minimum atomic E-state index is -1.30. The van der Waals surface area contributed by atoms with Crippen LogP contribution in [0.3, 0.4) is 0 Å². The van der Waals surface area contributed by atoms with Crippen LogP contribution < -0.4 is 0 Å². The van der Waals surface area contributed by atoms with Crippen LogP contribution in [-0.2, 0) is 5.60 Å². The lowest BCUT2D eigenvalue weighted by molar-refractivity contribution is -0.0307. The molecule has 0 bridgehead atoms. The molecule has 1 N–H and O–H groups in total. The van der Waals surface area contributed by atoms with E-state index in [4.69, 9.17) is 0 Å². The van der Waals surface area contributed by atoms with Crippen molar-refractivity contribution in [1.82, 2.24) is 0 Å². The van der Waals surface area contributed by atoms with Gasteiger partial charge in [0.2, 0.25) is 0 Å². The molecule has 1 aromatic carbocycles. The zero-order valence-corrected chi connectivity index (χ0v) is 10.3. The Morgan fingerprint density at radius 2 is 1.72 bits per heavy atom. The lowest BCUT2D eigenvalue weighted by Crippen LogP contribution is -2.35. The van der Waals surface area contributed by atoms with Gasteiger partial charge in [-0.2, -0.15) is 0 Å². The normalized spacial score (nSPS) is 32.5. The predicted octanol–water partition coefficient (Wildman–Crippen LogP) is 3.75. The Morgan fingerprint density at radius 1 is 1.06 bits per heavy atom. The van der Waals surface area contributed by atoms with Gasteiger partial charge in [-0.15, -0.1) is 0 Å². The Bertz CT molecular complexity index is 436. The van der Waals surface area contributed by atoms with E-state index >= 15 is 0 Å². The maximum Gasteiger partial charge on any atom is 0.132 e. The fourth-order valence-electron chi connectivity index (χ4n) is 3.43. The van der Waals surface area contributed by atoms with Crippen LogP contribution in [0.4, 0.5) is 8.78 Å². The van der Waals surface area contributed by atoms with Crippen molar-refractivity contribution >= 4 is 0 Å². The van der Waals surface area contributed by atoms with E-state index in [1.54, 1.807) is 0 Å². The van der Waals surface area contributed by atoms with Crippen LogP contribution in [0, 0.1) is 23.5 Å². The van der Waals surface area contributed by atoms with Crippen molar-refractivity contribution in [3.8, 4) is 0 Å². The molecule has 1 nitrogen and oxygen atoms in total. The Kier molecular flexibility index (Phi) is 2.89. The summed E-state index contributed by atoms with van der Waals surface area (Å²) in [7, 11) is 0. The van der Waals surface area contributed by atoms with Crippen molar-refractivity contribution in [1.29, 1.82) is 0 Å². The molecule has 2 aliphatic carbocycles. The van der Waals surface area contributed by atoms with Crippen molar-refractivity contribution in [2.45, 2.75) is 44.1 Å². The standard InChI is InChI=1S/C15H18F2O/c16-12-4-1-5-13(17)14(12)15(18)8-2-3-11(9-15)10-6-7-10/h1,4-5,10-11,18H,2-3,6-9H2. The van der Waals surface area contributed by atoms with E-state index < -0.39 is 17.2 Å². The zero-order chi connectivity index (χ0) is 12.8. The van der Waals surface area contributed by atoms with Crippen LogP contribution in [0.15, 0.2) is 18.2 Å². The highest BCUT2D eigenvalue weighted by Crippen LogP contribution is 2.50. The van der Waals surface area contributed by atoms with E-state index in [0.29, 0.717) is 24.7 Å². The maximum absolute atomic E-state index is 13.8. The van der Waals surface area contributed by atoms with E-state index in [1.807, 2.05) is 0 Å². The van der Waals surface area contributed by atoms with Crippen molar-refractivity contribution < 1.29 is 13.9 Å². The molecule has 3 heteroatoms. The smallest absolute Gasteiger partial charge is 0.132 e. The largest absolute Gasteiger partial charge is 0.385 e. The third-order valence-corrected chi connectivity index (χ3v) is 4.48. The third-order valence-electron chi connectivity index (χ3n) is 4.48. The monoisotopic (exact) mass is 252 g/mol. The van der Waals surface area contributed by atoms with Gasteiger partial charge in [0.05, 0.1) is 11.2 Å². The summed E-state index contributed by atoms with van der Waals surface area (Å²) in [4.78, 5) is 0. The summed E-state index contributed by atoms with van der Waals surface area (Å²) >= 11 is 0. The maximum atomic E-state index is 13.8. The SMILES string of the molecule is OC1(c2c(F)cccc2F)CCCC(C2CC2)C1. The van der Waals surface area contributed by atoms with E-state index in [0.717, 1.165) is 12.8 Å². The molecule has 2 saturated carbocycles. The first-order valence-electron chi connectivity index (χ1n) is 6.77. The van der Waals surface area contributed by atoms with E-state index in [-0.39, 0.29) is 5.56 Å². The first-order chi connectivity index (χ1) is 8.60. The van der Waals surface area contributed by atoms with Crippen molar-refractivity contribution in [2.24, 2.45) is 11.8 Å².